The van der Waals surface area contributed by atoms with Gasteiger partial charge in [0.2, 0.25) is 0 Å². The molecule has 0 aliphatic rings. The highest BCUT2D eigenvalue weighted by Gasteiger charge is 2.05. The average molecular weight is 230 g/mol. The maximum absolute atomic E-state index is 9.67. The fraction of sp³-hybridized carbons (Fsp3) is 0. The molecule has 0 spiro atoms. The molecule has 88 valence electrons. The third-order valence-corrected chi connectivity index (χ3v) is 2.37. The second-order valence-corrected chi connectivity index (χ2v) is 3.75. The molecule has 0 aliphatic heterocycles. The van der Waals surface area contributed by atoms with Crippen LogP contribution in [0.3, 0.4) is 0 Å². The van der Waals surface area contributed by atoms with Gasteiger partial charge in [0.05, 0.1) is 17.1 Å². The number of nitrogens with one attached hydrogen (secondary N) is 1. The Morgan fingerprint density at radius 1 is 0.824 bits per heavy atom. The third kappa shape index (κ3) is 2.34. The Balaban J connectivity index is 2.37. The molecular weight excluding hydrogens is 216 g/mol. The van der Waals surface area contributed by atoms with Crippen LogP contribution in [0.1, 0.15) is 0 Å². The summed E-state index contributed by atoms with van der Waals surface area (Å²) in [5.74, 6) is 0.0982. The summed E-state index contributed by atoms with van der Waals surface area (Å²) in [5.41, 5.74) is 19.9. The van der Waals surface area contributed by atoms with Crippen LogP contribution in [0, 0.1) is 0 Å². The lowest BCUT2D eigenvalue weighted by Crippen LogP contribution is -1.98. The zero-order valence-corrected chi connectivity index (χ0v) is 9.14. The fourth-order valence-corrected chi connectivity index (χ4v) is 1.48. The SMILES string of the molecule is Nc1ccc(N)c(Nc2cc(N)ccc2O)c1. The predicted octanol–water partition coefficient (Wildman–Crippen LogP) is 1.88. The van der Waals surface area contributed by atoms with E-state index in [1.807, 2.05) is 0 Å². The fourth-order valence-electron chi connectivity index (χ4n) is 1.48. The summed E-state index contributed by atoms with van der Waals surface area (Å²) >= 11 is 0. The molecule has 0 saturated heterocycles. The lowest BCUT2D eigenvalue weighted by molar-refractivity contribution is 0.478. The van der Waals surface area contributed by atoms with E-state index in [4.69, 9.17) is 17.2 Å². The molecular formula is C12H14N4O. The first-order valence-electron chi connectivity index (χ1n) is 5.07. The molecule has 0 atom stereocenters. The van der Waals surface area contributed by atoms with E-state index in [9.17, 15) is 5.11 Å². The van der Waals surface area contributed by atoms with Gasteiger partial charge in [-0.2, -0.15) is 0 Å². The Hall–Kier alpha value is -2.56. The van der Waals surface area contributed by atoms with E-state index in [1.165, 1.54) is 6.07 Å². The molecule has 5 heteroatoms. The normalized spacial score (nSPS) is 10.1. The highest BCUT2D eigenvalue weighted by molar-refractivity contribution is 5.79. The number of nitrogens with two attached hydrogens (primary N) is 3. The van der Waals surface area contributed by atoms with Crippen LogP contribution in [0.25, 0.3) is 0 Å². The number of phenols is 1. The van der Waals surface area contributed by atoms with Crippen LogP contribution in [0.5, 0.6) is 5.75 Å². The van der Waals surface area contributed by atoms with Gasteiger partial charge in [0.15, 0.2) is 0 Å². The Labute approximate surface area is 98.9 Å². The van der Waals surface area contributed by atoms with Crippen molar-refractivity contribution in [2.75, 3.05) is 22.5 Å². The number of benzene rings is 2. The number of aromatic hydroxyl groups is 1. The number of nitrogen functional groups attached to an aromatic ring is 3. The zero-order chi connectivity index (χ0) is 12.4. The van der Waals surface area contributed by atoms with Crippen LogP contribution in [0.4, 0.5) is 28.4 Å². The second-order valence-electron chi connectivity index (χ2n) is 3.75. The minimum atomic E-state index is 0.0982. The van der Waals surface area contributed by atoms with E-state index in [1.54, 1.807) is 30.3 Å². The monoisotopic (exact) mass is 230 g/mol. The van der Waals surface area contributed by atoms with Crippen LogP contribution in [0.2, 0.25) is 0 Å². The summed E-state index contributed by atoms with van der Waals surface area (Å²) in [7, 11) is 0. The molecule has 0 heterocycles. The van der Waals surface area contributed by atoms with Crippen molar-refractivity contribution in [1.82, 2.24) is 0 Å². The van der Waals surface area contributed by atoms with E-state index in [0.29, 0.717) is 28.4 Å². The molecule has 2 aromatic rings. The van der Waals surface area contributed by atoms with Gasteiger partial charge in [0, 0.05) is 11.4 Å². The van der Waals surface area contributed by atoms with E-state index < -0.39 is 0 Å². The lowest BCUT2D eigenvalue weighted by Gasteiger charge is -2.12. The van der Waals surface area contributed by atoms with Crippen molar-refractivity contribution in [1.29, 1.82) is 0 Å². The number of rotatable bonds is 2. The standard InChI is InChI=1S/C12H14N4O/c13-7-1-3-9(15)10(5-7)16-11-6-8(14)2-4-12(11)17/h1-6,16-17H,13-15H2. The summed E-state index contributed by atoms with van der Waals surface area (Å²) in [6.45, 7) is 0. The van der Waals surface area contributed by atoms with Gasteiger partial charge >= 0.3 is 0 Å². The summed E-state index contributed by atoms with van der Waals surface area (Å²) in [4.78, 5) is 0. The maximum Gasteiger partial charge on any atom is 0.139 e. The quantitative estimate of drug-likeness (QED) is 0.307. The first-order valence-corrected chi connectivity index (χ1v) is 5.07. The maximum atomic E-state index is 9.67. The van der Waals surface area contributed by atoms with Crippen LogP contribution in [-0.2, 0) is 0 Å². The molecule has 2 rings (SSSR count). The van der Waals surface area contributed by atoms with Crippen molar-refractivity contribution >= 4 is 28.4 Å². The van der Waals surface area contributed by atoms with Crippen LogP contribution < -0.4 is 22.5 Å². The highest BCUT2D eigenvalue weighted by Crippen LogP contribution is 2.31. The van der Waals surface area contributed by atoms with Gasteiger partial charge in [-0.05, 0) is 36.4 Å². The molecule has 5 nitrogen and oxygen atoms in total. The molecule has 0 saturated carbocycles. The molecule has 0 unspecified atom stereocenters. The van der Waals surface area contributed by atoms with Gasteiger partial charge in [0.1, 0.15) is 5.75 Å². The van der Waals surface area contributed by atoms with Gasteiger partial charge < -0.3 is 27.6 Å². The van der Waals surface area contributed by atoms with Gasteiger partial charge in [-0.3, -0.25) is 0 Å². The molecule has 0 amide bonds. The largest absolute Gasteiger partial charge is 0.506 e. The molecule has 0 fully saturated rings. The van der Waals surface area contributed by atoms with Gasteiger partial charge in [-0.1, -0.05) is 0 Å². The molecule has 0 aliphatic carbocycles. The zero-order valence-electron chi connectivity index (χ0n) is 9.14. The predicted molar refractivity (Wildman–Crippen MR) is 71.1 cm³/mol. The van der Waals surface area contributed by atoms with Crippen LogP contribution >= 0.6 is 0 Å². The number of phenolic OH excluding ortho intramolecular Hbond substituents is 1. The van der Waals surface area contributed by atoms with Crippen molar-refractivity contribution in [3.63, 3.8) is 0 Å². The van der Waals surface area contributed by atoms with Crippen molar-refractivity contribution in [2.24, 2.45) is 0 Å². The molecule has 2 aromatic carbocycles. The topological polar surface area (TPSA) is 110 Å². The molecule has 0 aromatic heterocycles. The number of hydrogen-bond donors (Lipinski definition) is 5. The van der Waals surface area contributed by atoms with Crippen LogP contribution in [0.15, 0.2) is 36.4 Å². The summed E-state index contributed by atoms with van der Waals surface area (Å²) in [6, 6.07) is 9.85. The Kier molecular flexibility index (Phi) is 2.66. The first kappa shape index (κ1) is 10.9. The van der Waals surface area contributed by atoms with Crippen molar-refractivity contribution in [3.8, 4) is 5.75 Å². The minimum absolute atomic E-state index is 0.0982. The minimum Gasteiger partial charge on any atom is -0.506 e. The number of hydrogen-bond acceptors (Lipinski definition) is 5. The van der Waals surface area contributed by atoms with Gasteiger partial charge in [-0.15, -0.1) is 0 Å². The molecule has 0 radical (unpaired) electrons. The lowest BCUT2D eigenvalue weighted by atomic mass is 10.2. The average Bonchev–Trinajstić information content (AvgIpc) is 2.28. The van der Waals surface area contributed by atoms with Crippen molar-refractivity contribution in [2.45, 2.75) is 0 Å². The molecule has 8 N–H and O–H groups in total. The Bertz CT molecular complexity index is 505. The summed E-state index contributed by atoms with van der Waals surface area (Å²) in [5, 5.41) is 12.7. The first-order chi connectivity index (χ1) is 8.06. The molecule has 0 bridgehead atoms. The third-order valence-electron chi connectivity index (χ3n) is 2.37. The van der Waals surface area contributed by atoms with E-state index in [0.717, 1.165) is 0 Å². The Morgan fingerprint density at radius 3 is 2.12 bits per heavy atom. The van der Waals surface area contributed by atoms with Crippen molar-refractivity contribution in [3.05, 3.63) is 36.4 Å². The van der Waals surface area contributed by atoms with Crippen LogP contribution in [-0.4, -0.2) is 5.11 Å². The highest BCUT2D eigenvalue weighted by atomic mass is 16.3. The van der Waals surface area contributed by atoms with E-state index in [-0.39, 0.29) is 5.75 Å². The van der Waals surface area contributed by atoms with Gasteiger partial charge in [0.25, 0.3) is 0 Å². The second kappa shape index (κ2) is 4.13. The molecule has 17 heavy (non-hydrogen) atoms. The summed E-state index contributed by atoms with van der Waals surface area (Å²) in [6.07, 6.45) is 0. The smallest absolute Gasteiger partial charge is 0.139 e. The summed E-state index contributed by atoms with van der Waals surface area (Å²) < 4.78 is 0. The van der Waals surface area contributed by atoms with E-state index >= 15 is 0 Å². The van der Waals surface area contributed by atoms with Gasteiger partial charge in [-0.25, -0.2) is 0 Å². The Morgan fingerprint density at radius 2 is 1.41 bits per heavy atom. The van der Waals surface area contributed by atoms with E-state index in [2.05, 4.69) is 5.32 Å². The number of anilines is 5. The van der Waals surface area contributed by atoms with Crippen molar-refractivity contribution < 1.29 is 5.11 Å².